The molecule has 1 unspecified atom stereocenters. The number of benzene rings is 2. The fourth-order valence-electron chi connectivity index (χ4n) is 4.78. The van der Waals surface area contributed by atoms with E-state index in [-0.39, 0.29) is 24.8 Å². The zero-order valence-corrected chi connectivity index (χ0v) is 20.1. The number of carbonyl (C=O) groups is 2. The number of amides is 2. The minimum absolute atomic E-state index is 0.0252. The van der Waals surface area contributed by atoms with Crippen LogP contribution in [0.3, 0.4) is 0 Å². The van der Waals surface area contributed by atoms with Gasteiger partial charge in [-0.05, 0) is 50.3 Å². The zero-order chi connectivity index (χ0) is 24.0. The topological polar surface area (TPSA) is 77.1 Å². The van der Waals surface area contributed by atoms with Crippen LogP contribution in [0, 0.1) is 6.92 Å². The molecule has 2 aliphatic rings. The maximum atomic E-state index is 13.3. The second-order valence-electron chi connectivity index (χ2n) is 9.07. The number of rotatable bonds is 3. The van der Waals surface area contributed by atoms with Crippen LogP contribution in [0.1, 0.15) is 36.0 Å². The molecule has 4 rings (SSSR count). The summed E-state index contributed by atoms with van der Waals surface area (Å²) in [4.78, 5) is 28.3. The largest absolute Gasteiger partial charge is 0.496 e. The Morgan fingerprint density at radius 3 is 2.88 bits per heavy atom. The average Bonchev–Trinajstić information content (AvgIpc) is 2.84. The second kappa shape index (κ2) is 10.9. The third-order valence-electron chi connectivity index (χ3n) is 6.62. The number of hydrogen-bond acceptors (Lipinski definition) is 5. The zero-order valence-electron chi connectivity index (χ0n) is 20.1. The highest BCUT2D eigenvalue weighted by atomic mass is 16.5. The minimum atomic E-state index is -1.04. The van der Waals surface area contributed by atoms with Crippen molar-refractivity contribution in [3.8, 4) is 11.5 Å². The summed E-state index contributed by atoms with van der Waals surface area (Å²) in [5.41, 5.74) is 2.07. The Kier molecular flexibility index (Phi) is 7.73. The van der Waals surface area contributed by atoms with Crippen LogP contribution in [0.5, 0.6) is 11.5 Å². The first-order valence-electron chi connectivity index (χ1n) is 12.0. The summed E-state index contributed by atoms with van der Waals surface area (Å²) in [6, 6.07) is 13.9. The predicted octanol–water partition coefficient (Wildman–Crippen LogP) is 3.07. The SMILES string of the molecule is COc1ccc(C)cc1CC(=O)N1CCOC2(CCCCc3ccccc3OCCNC2=O)C1. The van der Waals surface area contributed by atoms with Crippen molar-refractivity contribution in [2.75, 3.05) is 40.0 Å². The lowest BCUT2D eigenvalue weighted by molar-refractivity contribution is -0.167. The van der Waals surface area contributed by atoms with Crippen molar-refractivity contribution in [1.29, 1.82) is 0 Å². The highest BCUT2D eigenvalue weighted by molar-refractivity contribution is 5.87. The van der Waals surface area contributed by atoms with Gasteiger partial charge in [0.25, 0.3) is 5.91 Å². The van der Waals surface area contributed by atoms with E-state index in [1.165, 1.54) is 5.56 Å². The molecule has 34 heavy (non-hydrogen) atoms. The van der Waals surface area contributed by atoms with Crippen molar-refractivity contribution in [1.82, 2.24) is 10.2 Å². The number of fused-ring (bicyclic) bond motifs is 1. The van der Waals surface area contributed by atoms with Gasteiger partial charge in [0.15, 0.2) is 5.60 Å². The molecule has 2 heterocycles. The van der Waals surface area contributed by atoms with Crippen LogP contribution >= 0.6 is 0 Å². The Morgan fingerprint density at radius 1 is 1.18 bits per heavy atom. The lowest BCUT2D eigenvalue weighted by atomic mass is 9.91. The molecule has 0 aromatic heterocycles. The molecule has 1 spiro atoms. The van der Waals surface area contributed by atoms with Crippen LogP contribution in [-0.2, 0) is 27.2 Å². The lowest BCUT2D eigenvalue weighted by Gasteiger charge is -2.42. The second-order valence-corrected chi connectivity index (χ2v) is 9.07. The lowest BCUT2D eigenvalue weighted by Crippen LogP contribution is -2.61. The van der Waals surface area contributed by atoms with Crippen LogP contribution in [0.2, 0.25) is 0 Å². The number of para-hydroxylation sites is 1. The number of carbonyl (C=O) groups excluding carboxylic acids is 2. The monoisotopic (exact) mass is 466 g/mol. The molecule has 2 aromatic rings. The molecular formula is C27H34N2O5. The molecule has 2 amide bonds. The standard InChI is InChI=1S/C27H34N2O5/c1-20-10-11-23(32-2)22(17-20)18-25(30)29-14-16-34-27(19-29)12-6-5-8-21-7-3-4-9-24(21)33-15-13-28-26(27)31/h3-4,7,9-11,17H,5-6,8,12-16,18-19H2,1-2H3,(H,28,31). The van der Waals surface area contributed by atoms with E-state index in [1.807, 2.05) is 43.3 Å². The molecule has 0 aliphatic carbocycles. The number of nitrogens with zero attached hydrogens (tertiary/aromatic N) is 1. The van der Waals surface area contributed by atoms with E-state index in [1.54, 1.807) is 12.0 Å². The van der Waals surface area contributed by atoms with Crippen LogP contribution in [-0.4, -0.2) is 62.3 Å². The van der Waals surface area contributed by atoms with Gasteiger partial charge in [-0.25, -0.2) is 0 Å². The van der Waals surface area contributed by atoms with E-state index in [4.69, 9.17) is 14.2 Å². The van der Waals surface area contributed by atoms with Gasteiger partial charge in [-0.1, -0.05) is 35.9 Å². The van der Waals surface area contributed by atoms with Crippen LogP contribution in [0.15, 0.2) is 42.5 Å². The maximum absolute atomic E-state index is 13.3. The summed E-state index contributed by atoms with van der Waals surface area (Å²) in [7, 11) is 1.61. The van der Waals surface area contributed by atoms with E-state index < -0.39 is 5.60 Å². The molecule has 182 valence electrons. The van der Waals surface area contributed by atoms with Crippen molar-refractivity contribution < 1.29 is 23.8 Å². The quantitative estimate of drug-likeness (QED) is 0.752. The van der Waals surface area contributed by atoms with Gasteiger partial charge in [0.2, 0.25) is 5.91 Å². The molecule has 0 bridgehead atoms. The normalized spacial score (nSPS) is 21.5. The van der Waals surface area contributed by atoms with Crippen LogP contribution in [0.4, 0.5) is 0 Å². The minimum Gasteiger partial charge on any atom is -0.496 e. The van der Waals surface area contributed by atoms with Crippen molar-refractivity contribution in [3.05, 3.63) is 59.2 Å². The molecule has 2 aliphatic heterocycles. The van der Waals surface area contributed by atoms with Crippen molar-refractivity contribution in [2.45, 2.75) is 44.6 Å². The molecule has 7 heteroatoms. The number of aryl methyl sites for hydroxylation is 2. The number of methoxy groups -OCH3 is 1. The molecule has 7 nitrogen and oxygen atoms in total. The smallest absolute Gasteiger partial charge is 0.254 e. The van der Waals surface area contributed by atoms with Crippen molar-refractivity contribution in [3.63, 3.8) is 0 Å². The Morgan fingerprint density at radius 2 is 2.03 bits per heavy atom. The molecule has 2 aromatic carbocycles. The number of hydrogen-bond donors (Lipinski definition) is 1. The van der Waals surface area contributed by atoms with E-state index in [9.17, 15) is 9.59 Å². The van der Waals surface area contributed by atoms with Crippen LogP contribution in [0.25, 0.3) is 0 Å². The molecule has 1 N–H and O–H groups in total. The molecule has 0 radical (unpaired) electrons. The molecular weight excluding hydrogens is 432 g/mol. The Balaban J connectivity index is 1.47. The summed E-state index contributed by atoms with van der Waals surface area (Å²) in [6.45, 7) is 3.82. The third kappa shape index (κ3) is 5.53. The fraction of sp³-hybridized carbons (Fsp3) is 0.481. The van der Waals surface area contributed by atoms with E-state index in [0.717, 1.165) is 36.1 Å². The summed E-state index contributed by atoms with van der Waals surface area (Å²) in [5.74, 6) is 1.38. The number of nitrogens with one attached hydrogen (secondary N) is 1. The van der Waals surface area contributed by atoms with Crippen LogP contribution < -0.4 is 14.8 Å². The highest BCUT2D eigenvalue weighted by Gasteiger charge is 2.44. The van der Waals surface area contributed by atoms with E-state index in [0.29, 0.717) is 38.5 Å². The Labute approximate surface area is 201 Å². The summed E-state index contributed by atoms with van der Waals surface area (Å²) >= 11 is 0. The maximum Gasteiger partial charge on any atom is 0.254 e. The van der Waals surface area contributed by atoms with Gasteiger partial charge in [-0.2, -0.15) is 0 Å². The average molecular weight is 467 g/mol. The van der Waals surface area contributed by atoms with E-state index in [2.05, 4.69) is 11.4 Å². The van der Waals surface area contributed by atoms with Crippen molar-refractivity contribution >= 4 is 11.8 Å². The Hall–Kier alpha value is -3.06. The number of morpholine rings is 1. The number of ether oxygens (including phenoxy) is 3. The van der Waals surface area contributed by atoms with Gasteiger partial charge in [0, 0.05) is 12.1 Å². The third-order valence-corrected chi connectivity index (χ3v) is 6.62. The highest BCUT2D eigenvalue weighted by Crippen LogP contribution is 2.29. The first-order chi connectivity index (χ1) is 16.5. The summed E-state index contributed by atoms with van der Waals surface area (Å²) in [6.07, 6.45) is 3.40. The van der Waals surface area contributed by atoms with Crippen molar-refractivity contribution in [2.24, 2.45) is 0 Å². The predicted molar refractivity (Wildman–Crippen MR) is 129 cm³/mol. The molecule has 0 saturated carbocycles. The summed E-state index contributed by atoms with van der Waals surface area (Å²) in [5, 5.41) is 2.98. The van der Waals surface area contributed by atoms with Gasteiger partial charge in [-0.15, -0.1) is 0 Å². The first kappa shape index (κ1) is 24.1. The molecule has 1 atom stereocenters. The van der Waals surface area contributed by atoms with Gasteiger partial charge in [-0.3, -0.25) is 9.59 Å². The van der Waals surface area contributed by atoms with Gasteiger partial charge < -0.3 is 24.4 Å². The fourth-order valence-corrected chi connectivity index (χ4v) is 4.78. The van der Waals surface area contributed by atoms with Gasteiger partial charge in [0.1, 0.15) is 18.1 Å². The molecule has 1 fully saturated rings. The Bertz CT molecular complexity index is 1020. The first-order valence-corrected chi connectivity index (χ1v) is 12.0. The van der Waals surface area contributed by atoms with Gasteiger partial charge >= 0.3 is 0 Å². The summed E-state index contributed by atoms with van der Waals surface area (Å²) < 4.78 is 17.5. The van der Waals surface area contributed by atoms with E-state index >= 15 is 0 Å². The van der Waals surface area contributed by atoms with Gasteiger partial charge in [0.05, 0.1) is 33.2 Å². The molecule has 1 saturated heterocycles.